The Bertz CT molecular complexity index is 830. The Balaban J connectivity index is 1.70. The summed E-state index contributed by atoms with van der Waals surface area (Å²) in [5.41, 5.74) is 3.17. The highest BCUT2D eigenvalue weighted by molar-refractivity contribution is 6.02. The van der Waals surface area contributed by atoms with Crippen LogP contribution in [0.1, 0.15) is 42.6 Å². The molecule has 1 saturated heterocycles. The van der Waals surface area contributed by atoms with Crippen LogP contribution in [-0.4, -0.2) is 31.6 Å². The first-order valence-corrected chi connectivity index (χ1v) is 10.3. The molecule has 3 N–H and O–H groups in total. The predicted octanol–water partition coefficient (Wildman–Crippen LogP) is 3.99. The van der Waals surface area contributed by atoms with Crippen LogP contribution in [0.25, 0.3) is 0 Å². The molecule has 1 heterocycles. The predicted molar refractivity (Wildman–Crippen MR) is 117 cm³/mol. The van der Waals surface area contributed by atoms with Gasteiger partial charge in [-0.3, -0.25) is 4.79 Å². The molecule has 0 bridgehead atoms. The molecule has 154 valence electrons. The number of carbonyl (C=O) groups is 2. The Morgan fingerprint density at radius 2 is 1.72 bits per heavy atom. The van der Waals surface area contributed by atoms with Crippen LogP contribution in [0.15, 0.2) is 48.5 Å². The Kier molecular flexibility index (Phi) is 7.11. The topological polar surface area (TPSA) is 73.5 Å². The summed E-state index contributed by atoms with van der Waals surface area (Å²) < 4.78 is 0. The van der Waals surface area contributed by atoms with Gasteiger partial charge in [0.2, 0.25) is 0 Å². The highest BCUT2D eigenvalue weighted by Crippen LogP contribution is 2.27. The smallest absolute Gasteiger partial charge is 0.319 e. The Morgan fingerprint density at radius 3 is 2.41 bits per heavy atom. The van der Waals surface area contributed by atoms with E-state index >= 15 is 0 Å². The molecular weight excluding hydrogens is 364 g/mol. The molecule has 0 unspecified atom stereocenters. The highest BCUT2D eigenvalue weighted by atomic mass is 16.2. The van der Waals surface area contributed by atoms with Crippen LogP contribution in [0, 0.1) is 5.92 Å². The lowest BCUT2D eigenvalue weighted by Crippen LogP contribution is -2.31. The van der Waals surface area contributed by atoms with Gasteiger partial charge in [-0.15, -0.1) is 0 Å². The Hall–Kier alpha value is -3.02. The summed E-state index contributed by atoms with van der Waals surface area (Å²) in [6, 6.07) is 15.0. The van der Waals surface area contributed by atoms with Crippen LogP contribution in [-0.2, 0) is 6.54 Å². The minimum absolute atomic E-state index is 0.103. The lowest BCUT2D eigenvalue weighted by atomic mass is 10.1. The molecule has 0 saturated carbocycles. The zero-order valence-corrected chi connectivity index (χ0v) is 17.2. The second kappa shape index (κ2) is 9.96. The summed E-state index contributed by atoms with van der Waals surface area (Å²) >= 11 is 0. The molecule has 1 aliphatic rings. The van der Waals surface area contributed by atoms with Crippen LogP contribution < -0.4 is 20.9 Å². The summed E-state index contributed by atoms with van der Waals surface area (Å²) in [7, 11) is 0. The van der Waals surface area contributed by atoms with Crippen LogP contribution in [0.4, 0.5) is 16.2 Å². The highest BCUT2D eigenvalue weighted by Gasteiger charge is 2.20. The summed E-state index contributed by atoms with van der Waals surface area (Å²) in [5, 5.41) is 8.68. The third-order valence-corrected chi connectivity index (χ3v) is 4.91. The van der Waals surface area contributed by atoms with Gasteiger partial charge in [0.1, 0.15) is 0 Å². The van der Waals surface area contributed by atoms with E-state index in [-0.39, 0.29) is 11.9 Å². The molecule has 0 radical (unpaired) electrons. The maximum Gasteiger partial charge on any atom is 0.319 e. The third kappa shape index (κ3) is 5.98. The lowest BCUT2D eigenvalue weighted by molar-refractivity contribution is 0.0949. The molecule has 3 amide bonds. The number of benzene rings is 2. The van der Waals surface area contributed by atoms with E-state index in [0.29, 0.717) is 30.3 Å². The molecule has 3 rings (SSSR count). The van der Waals surface area contributed by atoms with Crippen molar-refractivity contribution >= 4 is 23.3 Å². The minimum Gasteiger partial charge on any atom is -0.371 e. The molecule has 6 nitrogen and oxygen atoms in total. The molecule has 0 spiro atoms. The van der Waals surface area contributed by atoms with Gasteiger partial charge in [-0.1, -0.05) is 44.2 Å². The number of hydrogen-bond acceptors (Lipinski definition) is 3. The van der Waals surface area contributed by atoms with E-state index in [2.05, 4.69) is 34.7 Å². The van der Waals surface area contributed by atoms with Crippen LogP contribution in [0.5, 0.6) is 0 Å². The van der Waals surface area contributed by atoms with Crippen LogP contribution in [0.2, 0.25) is 0 Å². The van der Waals surface area contributed by atoms with E-state index in [0.717, 1.165) is 37.2 Å². The first kappa shape index (κ1) is 20.7. The quantitative estimate of drug-likeness (QED) is 0.665. The van der Waals surface area contributed by atoms with Crippen molar-refractivity contribution in [2.75, 3.05) is 29.9 Å². The van der Waals surface area contributed by atoms with Crippen molar-refractivity contribution in [3.05, 3.63) is 59.7 Å². The molecule has 0 atom stereocenters. The summed E-state index contributed by atoms with van der Waals surface area (Å²) in [6.45, 7) is 7.10. The molecule has 0 aromatic heterocycles. The van der Waals surface area contributed by atoms with E-state index in [4.69, 9.17) is 0 Å². The van der Waals surface area contributed by atoms with Crippen molar-refractivity contribution in [2.24, 2.45) is 5.92 Å². The van der Waals surface area contributed by atoms with E-state index in [1.165, 1.54) is 0 Å². The largest absolute Gasteiger partial charge is 0.371 e. The van der Waals surface area contributed by atoms with Gasteiger partial charge >= 0.3 is 6.03 Å². The van der Waals surface area contributed by atoms with Gasteiger partial charge in [-0.25, -0.2) is 4.79 Å². The van der Waals surface area contributed by atoms with Gasteiger partial charge < -0.3 is 20.9 Å². The van der Waals surface area contributed by atoms with Gasteiger partial charge in [0.25, 0.3) is 5.91 Å². The molecule has 6 heteroatoms. The van der Waals surface area contributed by atoms with Crippen LogP contribution in [0.3, 0.4) is 0 Å². The lowest BCUT2D eigenvalue weighted by Gasteiger charge is -2.22. The fourth-order valence-corrected chi connectivity index (χ4v) is 3.37. The van der Waals surface area contributed by atoms with Crippen molar-refractivity contribution in [2.45, 2.75) is 33.2 Å². The van der Waals surface area contributed by atoms with Gasteiger partial charge in [0.15, 0.2) is 0 Å². The zero-order chi connectivity index (χ0) is 20.6. The average Bonchev–Trinajstić information content (AvgIpc) is 3.26. The second-order valence-corrected chi connectivity index (χ2v) is 7.82. The maximum absolute atomic E-state index is 12.8. The fraction of sp³-hybridized carbons (Fsp3) is 0.391. The van der Waals surface area contributed by atoms with E-state index in [9.17, 15) is 9.59 Å². The number of nitrogens with zero attached hydrogens (tertiary/aromatic N) is 1. The second-order valence-electron chi connectivity index (χ2n) is 7.82. The van der Waals surface area contributed by atoms with Crippen molar-refractivity contribution in [3.8, 4) is 0 Å². The number of amides is 3. The molecule has 0 aliphatic carbocycles. The van der Waals surface area contributed by atoms with Gasteiger partial charge in [0.05, 0.1) is 5.56 Å². The zero-order valence-electron chi connectivity index (χ0n) is 17.2. The average molecular weight is 395 g/mol. The van der Waals surface area contributed by atoms with Crippen LogP contribution >= 0.6 is 0 Å². The number of nitrogens with one attached hydrogen (secondary N) is 3. The van der Waals surface area contributed by atoms with Crippen molar-refractivity contribution in [1.82, 2.24) is 10.6 Å². The van der Waals surface area contributed by atoms with Crippen molar-refractivity contribution in [1.29, 1.82) is 0 Å². The first-order valence-electron chi connectivity index (χ1n) is 10.3. The maximum atomic E-state index is 12.8. The molecular formula is C23H30N4O2. The molecule has 1 aliphatic heterocycles. The summed E-state index contributed by atoms with van der Waals surface area (Å²) in [6.07, 6.45) is 2.27. The third-order valence-electron chi connectivity index (χ3n) is 4.91. The molecule has 2 aromatic carbocycles. The molecule has 29 heavy (non-hydrogen) atoms. The van der Waals surface area contributed by atoms with Gasteiger partial charge in [-0.2, -0.15) is 0 Å². The Morgan fingerprint density at radius 1 is 1.00 bits per heavy atom. The SMILES string of the molecule is CC(C)CNC(=O)c1cc(NC(=O)NCc2ccccc2)ccc1N1CCCC1. The fourth-order valence-electron chi connectivity index (χ4n) is 3.37. The number of rotatable bonds is 7. The van der Waals surface area contributed by atoms with E-state index in [1.54, 1.807) is 6.07 Å². The van der Waals surface area contributed by atoms with Crippen molar-refractivity contribution < 1.29 is 9.59 Å². The van der Waals surface area contributed by atoms with E-state index in [1.807, 2.05) is 42.5 Å². The molecule has 1 fully saturated rings. The minimum atomic E-state index is -0.295. The Labute approximate surface area is 172 Å². The molecule has 2 aromatic rings. The normalized spacial score (nSPS) is 13.4. The van der Waals surface area contributed by atoms with Gasteiger partial charge in [0, 0.05) is 37.6 Å². The standard InChI is InChI=1S/C23H30N4O2/c1-17(2)15-24-22(28)20-14-19(10-11-21(20)27-12-6-7-13-27)26-23(29)25-16-18-8-4-3-5-9-18/h3-5,8-11,14,17H,6-7,12-13,15-16H2,1-2H3,(H,24,28)(H2,25,26,29). The van der Waals surface area contributed by atoms with Crippen molar-refractivity contribution in [3.63, 3.8) is 0 Å². The first-order chi connectivity index (χ1) is 14.0. The summed E-state index contributed by atoms with van der Waals surface area (Å²) in [5.74, 6) is 0.271. The monoisotopic (exact) mass is 394 g/mol. The number of carbonyl (C=O) groups excluding carboxylic acids is 2. The summed E-state index contributed by atoms with van der Waals surface area (Å²) in [4.78, 5) is 27.3. The number of hydrogen-bond donors (Lipinski definition) is 3. The van der Waals surface area contributed by atoms with E-state index < -0.39 is 0 Å². The van der Waals surface area contributed by atoms with Gasteiger partial charge in [-0.05, 0) is 42.5 Å². The number of anilines is 2. The number of urea groups is 1.